The van der Waals surface area contributed by atoms with Gasteiger partial charge < -0.3 is 34.8 Å². The average Bonchev–Trinajstić information content (AvgIpc) is 3.27. The standard InChI is InChI=1S/C31H41N5O5/c1-40-25-13-14-26(27(19-25)41-2)33-30(39)34-17-15-31(16-18-34)29(38)35(22-36(31)24-11-7-4-8-12-24)21-28(37)32-20-23-9-5-3-6-10-23/h4,7-8,11-14,19,23H,3,5-6,9-10,15-18,20-22H2,1-2H3,(H,32,37)(H,33,39). The van der Waals surface area contributed by atoms with Crippen LogP contribution in [-0.4, -0.2) is 80.3 Å². The summed E-state index contributed by atoms with van der Waals surface area (Å²) in [5.74, 6) is 1.50. The summed E-state index contributed by atoms with van der Waals surface area (Å²) in [7, 11) is 3.12. The molecule has 41 heavy (non-hydrogen) atoms. The monoisotopic (exact) mass is 563 g/mol. The maximum Gasteiger partial charge on any atom is 0.321 e. The molecule has 1 aliphatic carbocycles. The lowest BCUT2D eigenvalue weighted by Gasteiger charge is -2.43. The van der Waals surface area contributed by atoms with Crippen LogP contribution in [0.1, 0.15) is 44.9 Å². The molecule has 2 heterocycles. The zero-order valence-corrected chi connectivity index (χ0v) is 24.1. The van der Waals surface area contributed by atoms with E-state index in [2.05, 4.69) is 15.5 Å². The quantitative estimate of drug-likeness (QED) is 0.502. The maximum atomic E-state index is 14.0. The molecule has 3 aliphatic rings. The van der Waals surface area contributed by atoms with E-state index in [0.717, 1.165) is 18.5 Å². The number of piperidine rings is 1. The average molecular weight is 564 g/mol. The number of para-hydroxylation sites is 1. The number of hydrogen-bond donors (Lipinski definition) is 2. The molecule has 3 fully saturated rings. The maximum absolute atomic E-state index is 14.0. The zero-order chi connectivity index (χ0) is 28.8. The van der Waals surface area contributed by atoms with Crippen molar-refractivity contribution in [3.05, 3.63) is 48.5 Å². The molecular formula is C31H41N5O5. The van der Waals surface area contributed by atoms with Crippen LogP contribution in [0.2, 0.25) is 0 Å². The van der Waals surface area contributed by atoms with Gasteiger partial charge in [-0.25, -0.2) is 4.79 Å². The van der Waals surface area contributed by atoms with Crippen molar-refractivity contribution in [3.8, 4) is 11.5 Å². The Morgan fingerprint density at radius 1 is 0.976 bits per heavy atom. The Morgan fingerprint density at radius 3 is 2.39 bits per heavy atom. The Labute approximate surface area is 241 Å². The summed E-state index contributed by atoms with van der Waals surface area (Å²) < 4.78 is 10.7. The number of anilines is 2. The first-order chi connectivity index (χ1) is 19.9. The van der Waals surface area contributed by atoms with Gasteiger partial charge in [-0.1, -0.05) is 37.5 Å². The molecule has 0 unspecified atom stereocenters. The van der Waals surface area contributed by atoms with Gasteiger partial charge in [0.25, 0.3) is 5.91 Å². The van der Waals surface area contributed by atoms with Crippen LogP contribution in [0, 0.1) is 5.92 Å². The number of nitrogens with one attached hydrogen (secondary N) is 2. The van der Waals surface area contributed by atoms with Gasteiger partial charge in [0, 0.05) is 31.4 Å². The highest BCUT2D eigenvalue weighted by Gasteiger charge is 2.54. The molecule has 4 amide bonds. The van der Waals surface area contributed by atoms with Crippen LogP contribution >= 0.6 is 0 Å². The topological polar surface area (TPSA) is 103 Å². The minimum absolute atomic E-state index is 0.0398. The minimum atomic E-state index is -0.806. The summed E-state index contributed by atoms with van der Waals surface area (Å²) in [6.07, 6.45) is 6.97. The molecular weight excluding hydrogens is 522 g/mol. The number of amides is 4. The number of nitrogens with zero attached hydrogens (tertiary/aromatic N) is 3. The van der Waals surface area contributed by atoms with Gasteiger partial charge in [0.1, 0.15) is 23.6 Å². The molecule has 10 heteroatoms. The summed E-state index contributed by atoms with van der Waals surface area (Å²) >= 11 is 0. The molecule has 1 saturated carbocycles. The summed E-state index contributed by atoms with van der Waals surface area (Å²) in [5.41, 5.74) is 0.679. The molecule has 0 aromatic heterocycles. The van der Waals surface area contributed by atoms with E-state index in [1.54, 1.807) is 42.2 Å². The van der Waals surface area contributed by atoms with Crippen LogP contribution in [-0.2, 0) is 9.59 Å². The van der Waals surface area contributed by atoms with Gasteiger partial charge in [-0.05, 0) is 55.9 Å². The van der Waals surface area contributed by atoms with Crippen LogP contribution < -0.4 is 25.0 Å². The van der Waals surface area contributed by atoms with Gasteiger partial charge in [0.05, 0.1) is 26.6 Å². The Balaban J connectivity index is 1.25. The third-order valence-corrected chi connectivity index (χ3v) is 8.76. The molecule has 2 aliphatic heterocycles. The van der Waals surface area contributed by atoms with Crippen molar-refractivity contribution in [3.63, 3.8) is 0 Å². The highest BCUT2D eigenvalue weighted by Crippen LogP contribution is 2.40. The Hall–Kier alpha value is -3.95. The van der Waals surface area contributed by atoms with Crippen LogP contribution in [0.25, 0.3) is 0 Å². The second-order valence-corrected chi connectivity index (χ2v) is 11.2. The Bertz CT molecular complexity index is 1220. The van der Waals surface area contributed by atoms with Crippen LogP contribution in [0.15, 0.2) is 48.5 Å². The van der Waals surface area contributed by atoms with Crippen molar-refractivity contribution < 1.29 is 23.9 Å². The minimum Gasteiger partial charge on any atom is -0.497 e. The molecule has 0 radical (unpaired) electrons. The number of carbonyl (C=O) groups excluding carboxylic acids is 3. The Morgan fingerprint density at radius 2 is 1.71 bits per heavy atom. The van der Waals surface area contributed by atoms with Crippen LogP contribution in [0.4, 0.5) is 16.2 Å². The number of likely N-dealkylation sites (tertiary alicyclic amines) is 1. The first-order valence-electron chi connectivity index (χ1n) is 14.6. The Kier molecular flexibility index (Phi) is 8.85. The van der Waals surface area contributed by atoms with E-state index in [0.29, 0.717) is 62.2 Å². The lowest BCUT2D eigenvalue weighted by molar-refractivity contribution is -0.137. The normalized spacial score (nSPS) is 18.9. The number of carbonyl (C=O) groups is 3. The van der Waals surface area contributed by atoms with Gasteiger partial charge in [0.15, 0.2) is 0 Å². The fourth-order valence-electron chi connectivity index (χ4n) is 6.38. The summed E-state index contributed by atoms with van der Waals surface area (Å²) in [5, 5.41) is 6.01. The largest absolute Gasteiger partial charge is 0.497 e. The van der Waals surface area contributed by atoms with Crippen LogP contribution in [0.3, 0.4) is 0 Å². The van der Waals surface area contributed by atoms with Gasteiger partial charge in [-0.2, -0.15) is 0 Å². The van der Waals surface area contributed by atoms with Crippen molar-refractivity contribution in [1.82, 2.24) is 15.1 Å². The fraction of sp³-hybridized carbons (Fsp3) is 0.516. The number of urea groups is 1. The highest BCUT2D eigenvalue weighted by molar-refractivity contribution is 5.97. The first-order valence-corrected chi connectivity index (χ1v) is 14.6. The van der Waals surface area contributed by atoms with E-state index in [-0.39, 0.29) is 24.4 Å². The summed E-state index contributed by atoms with van der Waals surface area (Å²) in [6.45, 7) is 1.87. The van der Waals surface area contributed by atoms with Crippen molar-refractivity contribution in [1.29, 1.82) is 0 Å². The molecule has 10 nitrogen and oxygen atoms in total. The van der Waals surface area contributed by atoms with Crippen molar-refractivity contribution in [2.24, 2.45) is 5.92 Å². The second-order valence-electron chi connectivity index (χ2n) is 11.2. The SMILES string of the molecule is COc1ccc(NC(=O)N2CCC3(CC2)C(=O)N(CC(=O)NCC2CCCCC2)CN3c2ccccc2)c(OC)c1. The molecule has 2 N–H and O–H groups in total. The molecule has 220 valence electrons. The molecule has 5 rings (SSSR count). The number of hydrogen-bond acceptors (Lipinski definition) is 6. The van der Waals surface area contributed by atoms with E-state index in [4.69, 9.17) is 9.47 Å². The molecule has 1 spiro atoms. The lowest BCUT2D eigenvalue weighted by Crippen LogP contribution is -2.58. The predicted molar refractivity (Wildman–Crippen MR) is 157 cm³/mol. The third-order valence-electron chi connectivity index (χ3n) is 8.76. The third kappa shape index (κ3) is 6.21. The van der Waals surface area contributed by atoms with Crippen LogP contribution in [0.5, 0.6) is 11.5 Å². The lowest BCUT2D eigenvalue weighted by atomic mass is 9.85. The van der Waals surface area contributed by atoms with Gasteiger partial charge >= 0.3 is 6.03 Å². The molecule has 2 aromatic rings. The molecule has 2 saturated heterocycles. The predicted octanol–water partition coefficient (Wildman–Crippen LogP) is 4.07. The number of rotatable bonds is 8. The molecule has 0 bridgehead atoms. The first kappa shape index (κ1) is 28.6. The van der Waals surface area contributed by atoms with E-state index in [9.17, 15) is 14.4 Å². The van der Waals surface area contributed by atoms with Gasteiger partial charge in [0.2, 0.25) is 5.91 Å². The molecule has 0 atom stereocenters. The summed E-state index contributed by atoms with van der Waals surface area (Å²) in [6, 6.07) is 14.8. The smallest absolute Gasteiger partial charge is 0.321 e. The number of benzene rings is 2. The second kappa shape index (κ2) is 12.7. The molecule has 2 aromatic carbocycles. The van der Waals surface area contributed by atoms with Gasteiger partial charge in [-0.15, -0.1) is 0 Å². The van der Waals surface area contributed by atoms with E-state index in [1.165, 1.54) is 19.3 Å². The highest BCUT2D eigenvalue weighted by atomic mass is 16.5. The number of ether oxygens (including phenoxy) is 2. The van der Waals surface area contributed by atoms with Crippen molar-refractivity contribution in [2.45, 2.75) is 50.5 Å². The zero-order valence-electron chi connectivity index (χ0n) is 24.1. The van der Waals surface area contributed by atoms with E-state index < -0.39 is 5.54 Å². The van der Waals surface area contributed by atoms with E-state index >= 15 is 0 Å². The van der Waals surface area contributed by atoms with Crippen molar-refractivity contribution in [2.75, 3.05) is 57.3 Å². The number of methoxy groups -OCH3 is 2. The fourth-order valence-corrected chi connectivity index (χ4v) is 6.38. The van der Waals surface area contributed by atoms with E-state index in [1.807, 2.05) is 30.3 Å². The van der Waals surface area contributed by atoms with Crippen molar-refractivity contribution >= 4 is 29.2 Å². The van der Waals surface area contributed by atoms with Gasteiger partial charge in [-0.3, -0.25) is 9.59 Å². The summed E-state index contributed by atoms with van der Waals surface area (Å²) in [4.78, 5) is 45.6.